The number of non-ortho nitro benzene ring substituents is 1. The molecule has 2 heterocycles. The molecule has 1 saturated heterocycles. The third kappa shape index (κ3) is 5.35. The molecule has 9 nitrogen and oxygen atoms in total. The summed E-state index contributed by atoms with van der Waals surface area (Å²) in [7, 11) is 2.12. The molecule has 0 atom stereocenters. The van der Waals surface area contributed by atoms with Crippen LogP contribution in [0.2, 0.25) is 0 Å². The highest BCUT2D eigenvalue weighted by Gasteiger charge is 2.27. The van der Waals surface area contributed by atoms with Gasteiger partial charge >= 0.3 is 0 Å². The molecule has 0 bridgehead atoms. The second kappa shape index (κ2) is 10.7. The minimum absolute atomic E-state index is 0.0847. The highest BCUT2D eigenvalue weighted by atomic mass is 16.6. The number of aryl methyl sites for hydroxylation is 1. The van der Waals surface area contributed by atoms with E-state index in [9.17, 15) is 14.9 Å². The fourth-order valence-electron chi connectivity index (χ4n) is 4.47. The van der Waals surface area contributed by atoms with Gasteiger partial charge in [-0.1, -0.05) is 31.2 Å². The van der Waals surface area contributed by atoms with Crippen molar-refractivity contribution in [1.82, 2.24) is 19.6 Å². The molecule has 9 heteroatoms. The lowest BCUT2D eigenvalue weighted by atomic mass is 10.1. The molecule has 0 spiro atoms. The summed E-state index contributed by atoms with van der Waals surface area (Å²) in [5.74, 6) is 0.793. The average Bonchev–Trinajstić information content (AvgIpc) is 3.20. The van der Waals surface area contributed by atoms with Crippen LogP contribution in [0.4, 0.5) is 11.5 Å². The number of nitrogens with zero attached hydrogens (tertiary/aromatic N) is 6. The third-order valence-electron chi connectivity index (χ3n) is 6.39. The summed E-state index contributed by atoms with van der Waals surface area (Å²) in [5, 5.41) is 16.1. The molecule has 1 aromatic heterocycles. The Kier molecular flexibility index (Phi) is 7.45. The number of anilines is 1. The van der Waals surface area contributed by atoms with Crippen LogP contribution in [0.5, 0.6) is 0 Å². The van der Waals surface area contributed by atoms with Crippen LogP contribution in [0.25, 0.3) is 5.69 Å². The van der Waals surface area contributed by atoms with Gasteiger partial charge in [-0.2, -0.15) is 5.10 Å². The number of aromatic nitrogens is 2. The number of hydrogen-bond donors (Lipinski definition) is 0. The zero-order valence-corrected chi connectivity index (χ0v) is 20.6. The summed E-state index contributed by atoms with van der Waals surface area (Å²) in [6.45, 7) is 8.57. The van der Waals surface area contributed by atoms with Crippen molar-refractivity contribution >= 4 is 17.4 Å². The minimum Gasteiger partial charge on any atom is -0.354 e. The van der Waals surface area contributed by atoms with Crippen LogP contribution in [-0.2, 0) is 6.54 Å². The molecule has 0 N–H and O–H groups in total. The topological polar surface area (TPSA) is 87.8 Å². The Morgan fingerprint density at radius 2 is 1.80 bits per heavy atom. The molecule has 0 saturated carbocycles. The van der Waals surface area contributed by atoms with E-state index in [-0.39, 0.29) is 11.6 Å². The summed E-state index contributed by atoms with van der Waals surface area (Å²) < 4.78 is 1.98. The van der Waals surface area contributed by atoms with Crippen LogP contribution in [0.15, 0.2) is 54.6 Å². The van der Waals surface area contributed by atoms with Crippen LogP contribution < -0.4 is 4.90 Å². The first-order chi connectivity index (χ1) is 16.9. The van der Waals surface area contributed by atoms with E-state index in [1.54, 1.807) is 17.0 Å². The van der Waals surface area contributed by atoms with Crippen LogP contribution in [0, 0.1) is 17.0 Å². The predicted octanol–water partition coefficient (Wildman–Crippen LogP) is 3.89. The SMILES string of the molecule is CCCN(Cc1c(C)nn(-c2ccccc2)c1N1CCN(C)CC1)C(=O)c1cccc([N+](=O)[O-])c1. The van der Waals surface area contributed by atoms with Crippen molar-refractivity contribution in [3.05, 3.63) is 81.5 Å². The average molecular weight is 477 g/mol. The maximum atomic E-state index is 13.5. The van der Waals surface area contributed by atoms with Gasteiger partial charge in [0.1, 0.15) is 5.82 Å². The second-order valence-corrected chi connectivity index (χ2v) is 8.96. The Hall–Kier alpha value is -3.72. The molecule has 0 unspecified atom stereocenters. The number of hydrogen-bond acceptors (Lipinski definition) is 6. The summed E-state index contributed by atoms with van der Waals surface area (Å²) in [4.78, 5) is 30.7. The van der Waals surface area contributed by atoms with Gasteiger partial charge in [0.2, 0.25) is 0 Å². The second-order valence-electron chi connectivity index (χ2n) is 8.96. The highest BCUT2D eigenvalue weighted by Crippen LogP contribution is 2.30. The fraction of sp³-hybridized carbons (Fsp3) is 0.385. The fourth-order valence-corrected chi connectivity index (χ4v) is 4.47. The first kappa shape index (κ1) is 24.4. The van der Waals surface area contributed by atoms with E-state index in [0.29, 0.717) is 18.7 Å². The molecule has 2 aromatic carbocycles. The lowest BCUT2D eigenvalue weighted by Crippen LogP contribution is -2.45. The van der Waals surface area contributed by atoms with Crippen molar-refractivity contribution < 1.29 is 9.72 Å². The number of nitro benzene ring substituents is 1. The molecular weight excluding hydrogens is 444 g/mol. The molecule has 1 aliphatic heterocycles. The molecule has 35 heavy (non-hydrogen) atoms. The smallest absolute Gasteiger partial charge is 0.270 e. The number of likely N-dealkylation sites (N-methyl/N-ethyl adjacent to an activating group) is 1. The lowest BCUT2D eigenvalue weighted by Gasteiger charge is -2.35. The normalized spacial score (nSPS) is 14.2. The van der Waals surface area contributed by atoms with Gasteiger partial charge in [-0.05, 0) is 38.6 Å². The molecule has 0 aliphatic carbocycles. The van der Waals surface area contributed by atoms with Crippen molar-refractivity contribution in [3.63, 3.8) is 0 Å². The molecule has 1 aliphatic rings. The number of rotatable bonds is 8. The van der Waals surface area contributed by atoms with E-state index in [1.165, 1.54) is 12.1 Å². The molecule has 4 rings (SSSR count). The number of para-hydroxylation sites is 1. The van der Waals surface area contributed by atoms with E-state index in [1.807, 2.05) is 48.9 Å². The van der Waals surface area contributed by atoms with E-state index in [0.717, 1.165) is 55.4 Å². The largest absolute Gasteiger partial charge is 0.354 e. The van der Waals surface area contributed by atoms with Crippen molar-refractivity contribution in [2.24, 2.45) is 0 Å². The quantitative estimate of drug-likeness (QED) is 0.362. The van der Waals surface area contributed by atoms with Crippen LogP contribution in [0.1, 0.15) is 35.0 Å². The summed E-state index contributed by atoms with van der Waals surface area (Å²) in [6, 6.07) is 16.0. The zero-order valence-electron chi connectivity index (χ0n) is 20.6. The Balaban J connectivity index is 1.73. The standard InChI is InChI=1S/C26H32N6O3/c1-4-13-30(26(33)21-9-8-12-23(18-21)32(34)35)19-24-20(2)27-31(22-10-6-5-7-11-22)25(24)29-16-14-28(3)15-17-29/h5-12,18H,4,13-17,19H2,1-3H3. The first-order valence-corrected chi connectivity index (χ1v) is 12.0. The number of carbonyl (C=O) groups excluding carboxylic acids is 1. The van der Waals surface area contributed by atoms with Crippen LogP contribution in [-0.4, -0.2) is 70.2 Å². The summed E-state index contributed by atoms with van der Waals surface area (Å²) >= 11 is 0. The number of nitro groups is 1. The molecule has 1 fully saturated rings. The maximum absolute atomic E-state index is 13.5. The third-order valence-corrected chi connectivity index (χ3v) is 6.39. The minimum atomic E-state index is -0.472. The Bertz CT molecular complexity index is 1190. The van der Waals surface area contributed by atoms with Crippen LogP contribution in [0.3, 0.4) is 0 Å². The van der Waals surface area contributed by atoms with Gasteiger partial charge < -0.3 is 14.7 Å². The van der Waals surface area contributed by atoms with Crippen LogP contribution >= 0.6 is 0 Å². The number of benzene rings is 2. The van der Waals surface area contributed by atoms with Gasteiger partial charge in [0.15, 0.2) is 0 Å². The monoisotopic (exact) mass is 476 g/mol. The van der Waals surface area contributed by atoms with E-state index < -0.39 is 4.92 Å². The highest BCUT2D eigenvalue weighted by molar-refractivity contribution is 5.95. The van der Waals surface area contributed by atoms with E-state index >= 15 is 0 Å². The number of piperazine rings is 1. The van der Waals surface area contributed by atoms with Gasteiger partial charge in [0.05, 0.1) is 22.8 Å². The van der Waals surface area contributed by atoms with Crippen molar-refractivity contribution in [2.75, 3.05) is 44.7 Å². The van der Waals surface area contributed by atoms with Gasteiger partial charge in [-0.15, -0.1) is 0 Å². The van der Waals surface area contributed by atoms with Gasteiger partial charge in [0, 0.05) is 56.0 Å². The van der Waals surface area contributed by atoms with Gasteiger partial charge in [-0.25, -0.2) is 4.68 Å². The maximum Gasteiger partial charge on any atom is 0.270 e. The van der Waals surface area contributed by atoms with Crippen molar-refractivity contribution in [2.45, 2.75) is 26.8 Å². The number of amides is 1. The zero-order chi connectivity index (χ0) is 24.9. The molecular formula is C26H32N6O3. The van der Waals surface area contributed by atoms with Gasteiger partial charge in [0.25, 0.3) is 11.6 Å². The Labute approximate surface area is 205 Å². The molecule has 3 aromatic rings. The van der Waals surface area contributed by atoms with E-state index in [4.69, 9.17) is 5.10 Å². The number of carbonyl (C=O) groups is 1. The first-order valence-electron chi connectivity index (χ1n) is 12.0. The molecule has 1 amide bonds. The Morgan fingerprint density at radius 3 is 2.46 bits per heavy atom. The van der Waals surface area contributed by atoms with Crippen molar-refractivity contribution in [3.8, 4) is 5.69 Å². The van der Waals surface area contributed by atoms with E-state index in [2.05, 4.69) is 16.8 Å². The summed E-state index contributed by atoms with van der Waals surface area (Å²) in [6.07, 6.45) is 0.774. The lowest BCUT2D eigenvalue weighted by molar-refractivity contribution is -0.384. The predicted molar refractivity (Wildman–Crippen MR) is 136 cm³/mol. The van der Waals surface area contributed by atoms with Gasteiger partial charge in [-0.3, -0.25) is 14.9 Å². The van der Waals surface area contributed by atoms with Crippen molar-refractivity contribution in [1.29, 1.82) is 0 Å². The molecule has 184 valence electrons. The summed E-state index contributed by atoms with van der Waals surface area (Å²) in [5.41, 5.74) is 3.09. The molecule has 0 radical (unpaired) electrons. The Morgan fingerprint density at radius 1 is 1.09 bits per heavy atom.